The highest BCUT2D eigenvalue weighted by atomic mass is 16.5. The zero-order valence-corrected chi connectivity index (χ0v) is 20.5. The van der Waals surface area contributed by atoms with Crippen molar-refractivity contribution in [2.45, 2.75) is 19.0 Å². The predicted molar refractivity (Wildman–Crippen MR) is 138 cm³/mol. The number of piperazine rings is 1. The normalized spacial score (nSPS) is 14.8. The molecule has 0 aliphatic carbocycles. The molecule has 1 atom stereocenters. The maximum absolute atomic E-state index is 13.1. The van der Waals surface area contributed by atoms with Crippen molar-refractivity contribution in [2.75, 3.05) is 44.8 Å². The van der Waals surface area contributed by atoms with E-state index < -0.39 is 0 Å². The maximum atomic E-state index is 13.1. The first-order valence-electron chi connectivity index (χ1n) is 12.1. The van der Waals surface area contributed by atoms with Crippen LogP contribution in [0.3, 0.4) is 0 Å². The quantitative estimate of drug-likeness (QED) is 0.447. The lowest BCUT2D eigenvalue weighted by atomic mass is 10.1. The molecule has 2 heterocycles. The molecule has 1 unspecified atom stereocenters. The molecule has 0 radical (unpaired) electrons. The molecule has 1 aliphatic heterocycles. The molecule has 1 aliphatic rings. The number of hydrogen-bond donors (Lipinski definition) is 2. The zero-order chi connectivity index (χ0) is 25.3. The number of esters is 1. The number of nitrogens with one attached hydrogen (secondary N) is 1. The first kappa shape index (κ1) is 25.3. The number of carbonyl (C=O) groups excluding carboxylic acids is 2. The van der Waals surface area contributed by atoms with Crippen molar-refractivity contribution in [3.63, 3.8) is 0 Å². The van der Waals surface area contributed by atoms with Gasteiger partial charge in [0.15, 0.2) is 0 Å². The third-order valence-corrected chi connectivity index (χ3v) is 6.36. The van der Waals surface area contributed by atoms with Crippen LogP contribution in [0.4, 0.5) is 5.82 Å². The number of amides is 1. The van der Waals surface area contributed by atoms with Gasteiger partial charge in [0.1, 0.15) is 5.82 Å². The third-order valence-electron chi connectivity index (χ3n) is 6.36. The van der Waals surface area contributed by atoms with Crippen LogP contribution < -0.4 is 10.2 Å². The summed E-state index contributed by atoms with van der Waals surface area (Å²) < 4.78 is 4.76. The van der Waals surface area contributed by atoms with E-state index in [2.05, 4.69) is 20.1 Å². The van der Waals surface area contributed by atoms with E-state index in [4.69, 9.17) is 4.74 Å². The average Bonchev–Trinajstić information content (AvgIpc) is 2.93. The van der Waals surface area contributed by atoms with Gasteiger partial charge in [-0.1, -0.05) is 42.5 Å². The number of hydrogen-bond acceptors (Lipinski definition) is 7. The van der Waals surface area contributed by atoms with Crippen LogP contribution in [0.1, 0.15) is 31.8 Å². The minimum absolute atomic E-state index is 0.143. The van der Waals surface area contributed by atoms with Gasteiger partial charge in [-0.05, 0) is 41.8 Å². The Morgan fingerprint density at radius 3 is 2.36 bits per heavy atom. The smallest absolute Gasteiger partial charge is 0.337 e. The SMILES string of the molecule is COC(=O)c1ccc(CN2CCN(c3ncccc3C(=O)NC(CO)Cc3ccccc3)CC2)cc1. The van der Waals surface area contributed by atoms with Crippen molar-refractivity contribution in [1.82, 2.24) is 15.2 Å². The molecule has 1 fully saturated rings. The van der Waals surface area contributed by atoms with E-state index in [1.807, 2.05) is 42.5 Å². The summed E-state index contributed by atoms with van der Waals surface area (Å²) in [5.74, 6) is 0.0884. The Morgan fingerprint density at radius 2 is 1.69 bits per heavy atom. The standard InChI is InChI=1S/C28H32N4O4/c1-36-28(35)23-11-9-22(10-12-23)19-31-14-16-32(17-15-31)26-25(8-5-13-29-26)27(34)30-24(20-33)18-21-6-3-2-4-7-21/h2-13,24,33H,14-20H2,1H3,(H,30,34). The van der Waals surface area contributed by atoms with Gasteiger partial charge in [-0.15, -0.1) is 0 Å². The van der Waals surface area contributed by atoms with Crippen LogP contribution in [-0.2, 0) is 17.7 Å². The topological polar surface area (TPSA) is 95.0 Å². The van der Waals surface area contributed by atoms with Crippen LogP contribution in [0.15, 0.2) is 72.9 Å². The number of benzene rings is 2. The van der Waals surface area contributed by atoms with Gasteiger partial charge < -0.3 is 20.1 Å². The van der Waals surface area contributed by atoms with Crippen LogP contribution in [0.25, 0.3) is 0 Å². The van der Waals surface area contributed by atoms with Gasteiger partial charge in [-0.3, -0.25) is 9.69 Å². The molecule has 3 aromatic rings. The number of aromatic nitrogens is 1. The largest absolute Gasteiger partial charge is 0.465 e. The third kappa shape index (κ3) is 6.47. The molecule has 8 nitrogen and oxygen atoms in total. The van der Waals surface area contributed by atoms with Gasteiger partial charge in [0.2, 0.25) is 0 Å². The number of ether oxygens (including phenoxy) is 1. The fourth-order valence-electron chi connectivity index (χ4n) is 4.39. The van der Waals surface area contributed by atoms with Gasteiger partial charge in [-0.25, -0.2) is 9.78 Å². The van der Waals surface area contributed by atoms with E-state index >= 15 is 0 Å². The molecule has 188 valence electrons. The highest BCUT2D eigenvalue weighted by Crippen LogP contribution is 2.20. The highest BCUT2D eigenvalue weighted by molar-refractivity contribution is 5.99. The van der Waals surface area contributed by atoms with Crippen LogP contribution in [0.2, 0.25) is 0 Å². The molecule has 0 bridgehead atoms. The van der Waals surface area contributed by atoms with Gasteiger partial charge in [-0.2, -0.15) is 0 Å². The van der Waals surface area contributed by atoms with Gasteiger partial charge in [0, 0.05) is 38.9 Å². The minimum Gasteiger partial charge on any atom is -0.465 e. The average molecular weight is 489 g/mol. The van der Waals surface area contributed by atoms with E-state index in [0.29, 0.717) is 23.4 Å². The lowest BCUT2D eigenvalue weighted by Crippen LogP contribution is -2.47. The Hall–Kier alpha value is -3.75. The van der Waals surface area contributed by atoms with Gasteiger partial charge in [0.05, 0.1) is 30.9 Å². The number of carbonyl (C=O) groups is 2. The minimum atomic E-state index is -0.379. The Bertz CT molecular complexity index is 1150. The first-order valence-corrected chi connectivity index (χ1v) is 12.1. The van der Waals surface area contributed by atoms with Crippen LogP contribution >= 0.6 is 0 Å². The van der Waals surface area contributed by atoms with Crippen molar-refractivity contribution in [1.29, 1.82) is 0 Å². The van der Waals surface area contributed by atoms with E-state index in [0.717, 1.165) is 43.9 Å². The molecular formula is C28H32N4O4. The molecule has 2 N–H and O–H groups in total. The molecule has 4 rings (SSSR count). The van der Waals surface area contributed by atoms with E-state index in [1.54, 1.807) is 30.5 Å². The van der Waals surface area contributed by atoms with Crippen LogP contribution in [0.5, 0.6) is 0 Å². The Labute approximate surface area is 211 Å². The fraction of sp³-hybridized carbons (Fsp3) is 0.321. The van der Waals surface area contributed by atoms with Crippen molar-refractivity contribution < 1.29 is 19.4 Å². The molecular weight excluding hydrogens is 456 g/mol. The number of rotatable bonds is 9. The molecule has 1 saturated heterocycles. The summed E-state index contributed by atoms with van der Waals surface area (Å²) in [5, 5.41) is 12.8. The lowest BCUT2D eigenvalue weighted by molar-refractivity contribution is 0.0600. The molecule has 1 amide bonds. The molecule has 2 aromatic carbocycles. The summed E-state index contributed by atoms with van der Waals surface area (Å²) in [6, 6.07) is 20.4. The van der Waals surface area contributed by atoms with Crippen molar-refractivity contribution in [2.24, 2.45) is 0 Å². The summed E-state index contributed by atoms with van der Waals surface area (Å²) in [5.41, 5.74) is 3.23. The Morgan fingerprint density at radius 1 is 0.972 bits per heavy atom. The van der Waals surface area contributed by atoms with Crippen LogP contribution in [-0.4, -0.2) is 72.8 Å². The summed E-state index contributed by atoms with van der Waals surface area (Å²) in [6.45, 7) is 3.77. The fourth-order valence-corrected chi connectivity index (χ4v) is 4.39. The second kappa shape index (κ2) is 12.3. The van der Waals surface area contributed by atoms with Crippen molar-refractivity contribution in [3.8, 4) is 0 Å². The lowest BCUT2D eigenvalue weighted by Gasteiger charge is -2.36. The Kier molecular flexibility index (Phi) is 8.65. The van der Waals surface area contributed by atoms with Crippen molar-refractivity contribution >= 4 is 17.7 Å². The Balaban J connectivity index is 1.35. The first-order chi connectivity index (χ1) is 17.6. The van der Waals surface area contributed by atoms with E-state index in [1.165, 1.54) is 7.11 Å². The summed E-state index contributed by atoms with van der Waals surface area (Å²) in [4.78, 5) is 33.8. The van der Waals surface area contributed by atoms with Crippen molar-refractivity contribution in [3.05, 3.63) is 95.2 Å². The number of aliphatic hydroxyl groups is 1. The van der Waals surface area contributed by atoms with Gasteiger partial charge in [0.25, 0.3) is 5.91 Å². The van der Waals surface area contributed by atoms with Gasteiger partial charge >= 0.3 is 5.97 Å². The number of methoxy groups -OCH3 is 1. The second-order valence-corrected chi connectivity index (χ2v) is 8.87. The summed E-state index contributed by atoms with van der Waals surface area (Å²) in [6.07, 6.45) is 2.26. The maximum Gasteiger partial charge on any atom is 0.337 e. The predicted octanol–water partition coefficient (Wildman–Crippen LogP) is 2.52. The number of aliphatic hydroxyl groups excluding tert-OH is 1. The molecule has 0 saturated carbocycles. The van der Waals surface area contributed by atoms with Crippen LogP contribution in [0, 0.1) is 0 Å². The zero-order valence-electron chi connectivity index (χ0n) is 20.5. The molecule has 8 heteroatoms. The molecule has 36 heavy (non-hydrogen) atoms. The highest BCUT2D eigenvalue weighted by Gasteiger charge is 2.24. The number of pyridine rings is 1. The summed E-state index contributed by atoms with van der Waals surface area (Å²) >= 11 is 0. The molecule has 1 aromatic heterocycles. The van der Waals surface area contributed by atoms with E-state index in [-0.39, 0.29) is 24.5 Å². The second-order valence-electron chi connectivity index (χ2n) is 8.87. The number of nitrogens with zero attached hydrogens (tertiary/aromatic N) is 3. The van der Waals surface area contributed by atoms with E-state index in [9.17, 15) is 14.7 Å². The summed E-state index contributed by atoms with van der Waals surface area (Å²) in [7, 11) is 1.38. The monoisotopic (exact) mass is 488 g/mol. The molecule has 0 spiro atoms. The number of anilines is 1.